The van der Waals surface area contributed by atoms with E-state index in [1.807, 2.05) is 42.6 Å². The van der Waals surface area contributed by atoms with Crippen molar-refractivity contribution in [1.29, 1.82) is 0 Å². The van der Waals surface area contributed by atoms with E-state index in [0.29, 0.717) is 11.3 Å². The molecule has 0 aliphatic heterocycles. The molecule has 0 unspecified atom stereocenters. The van der Waals surface area contributed by atoms with Crippen molar-refractivity contribution in [2.45, 2.75) is 11.5 Å². The standard InChI is InChI=1S/C18H17FN2O2S/c1-23-18-8-7-14(11-17(18)19)12-24(22)13-15-9-10-21(20-15)16-5-3-2-4-6-16/h2-11H,12-13H2,1H3/t24-/m1/s1. The predicted molar refractivity (Wildman–Crippen MR) is 92.1 cm³/mol. The topological polar surface area (TPSA) is 44.1 Å². The number of nitrogens with zero attached hydrogens (tertiary/aromatic N) is 2. The van der Waals surface area contributed by atoms with Crippen LogP contribution < -0.4 is 4.74 Å². The van der Waals surface area contributed by atoms with Crippen LogP contribution in [0.5, 0.6) is 5.75 Å². The Morgan fingerprint density at radius 3 is 2.62 bits per heavy atom. The summed E-state index contributed by atoms with van der Waals surface area (Å²) in [4.78, 5) is 0. The van der Waals surface area contributed by atoms with Crippen LogP contribution in [0.1, 0.15) is 11.3 Å². The second kappa shape index (κ2) is 7.40. The number of rotatable bonds is 6. The molecule has 0 radical (unpaired) electrons. The molecular weight excluding hydrogens is 327 g/mol. The van der Waals surface area contributed by atoms with Crippen molar-refractivity contribution in [3.8, 4) is 11.4 Å². The van der Waals surface area contributed by atoms with Gasteiger partial charge in [-0.3, -0.25) is 4.21 Å². The van der Waals surface area contributed by atoms with Crippen molar-refractivity contribution in [3.63, 3.8) is 0 Å². The number of hydrogen-bond donors (Lipinski definition) is 0. The molecule has 0 N–H and O–H groups in total. The Balaban J connectivity index is 1.65. The Morgan fingerprint density at radius 1 is 1.12 bits per heavy atom. The smallest absolute Gasteiger partial charge is 0.165 e. The van der Waals surface area contributed by atoms with Gasteiger partial charge in [-0.05, 0) is 35.9 Å². The van der Waals surface area contributed by atoms with Crippen LogP contribution in [-0.2, 0) is 22.3 Å². The highest BCUT2D eigenvalue weighted by atomic mass is 32.2. The average Bonchev–Trinajstić information content (AvgIpc) is 3.04. The first-order valence-electron chi connectivity index (χ1n) is 7.43. The van der Waals surface area contributed by atoms with Gasteiger partial charge in [-0.2, -0.15) is 5.10 Å². The molecular formula is C18H17FN2O2S. The van der Waals surface area contributed by atoms with Gasteiger partial charge >= 0.3 is 0 Å². The molecule has 124 valence electrons. The third-order valence-electron chi connectivity index (χ3n) is 3.52. The van der Waals surface area contributed by atoms with E-state index < -0.39 is 16.6 Å². The first kappa shape index (κ1) is 16.4. The van der Waals surface area contributed by atoms with Gasteiger partial charge in [-0.1, -0.05) is 24.3 Å². The maximum absolute atomic E-state index is 13.7. The first-order valence-corrected chi connectivity index (χ1v) is 8.92. The zero-order valence-electron chi connectivity index (χ0n) is 13.2. The van der Waals surface area contributed by atoms with Crippen molar-refractivity contribution in [1.82, 2.24) is 9.78 Å². The third kappa shape index (κ3) is 3.89. The van der Waals surface area contributed by atoms with E-state index in [2.05, 4.69) is 5.10 Å². The minimum Gasteiger partial charge on any atom is -0.494 e. The fourth-order valence-corrected chi connectivity index (χ4v) is 3.50. The molecule has 1 heterocycles. The van der Waals surface area contributed by atoms with Gasteiger partial charge in [-0.15, -0.1) is 0 Å². The summed E-state index contributed by atoms with van der Waals surface area (Å²) >= 11 is 0. The summed E-state index contributed by atoms with van der Waals surface area (Å²) in [6.45, 7) is 0. The van der Waals surface area contributed by atoms with E-state index in [-0.39, 0.29) is 11.5 Å². The molecule has 0 bridgehead atoms. The van der Waals surface area contributed by atoms with Crippen molar-refractivity contribution < 1.29 is 13.3 Å². The maximum atomic E-state index is 13.7. The Morgan fingerprint density at radius 2 is 1.92 bits per heavy atom. The molecule has 0 aliphatic carbocycles. The number of aromatic nitrogens is 2. The van der Waals surface area contributed by atoms with Gasteiger partial charge in [0.15, 0.2) is 11.6 Å². The third-order valence-corrected chi connectivity index (χ3v) is 4.79. The Kier molecular flexibility index (Phi) is 5.05. The lowest BCUT2D eigenvalue weighted by Crippen LogP contribution is -2.02. The second-order valence-electron chi connectivity index (χ2n) is 5.28. The quantitative estimate of drug-likeness (QED) is 0.688. The van der Waals surface area contributed by atoms with Crippen LogP contribution in [0.15, 0.2) is 60.8 Å². The molecule has 1 aromatic heterocycles. The Hall–Kier alpha value is -2.47. The van der Waals surface area contributed by atoms with Crippen LogP contribution in [0, 0.1) is 5.82 Å². The molecule has 0 fully saturated rings. The number of ether oxygens (including phenoxy) is 1. The molecule has 3 aromatic rings. The van der Waals surface area contributed by atoms with Gasteiger partial charge in [0.05, 0.1) is 24.2 Å². The fourth-order valence-electron chi connectivity index (χ4n) is 2.36. The van der Waals surface area contributed by atoms with Crippen LogP contribution in [0.3, 0.4) is 0 Å². The highest BCUT2D eigenvalue weighted by molar-refractivity contribution is 7.83. The summed E-state index contributed by atoms with van der Waals surface area (Å²) in [7, 11) is 0.251. The molecule has 0 amide bonds. The van der Waals surface area contributed by atoms with Crippen molar-refractivity contribution in [2.75, 3.05) is 7.11 Å². The summed E-state index contributed by atoms with van der Waals surface area (Å²) in [5, 5.41) is 4.44. The number of para-hydroxylation sites is 1. The van der Waals surface area contributed by atoms with E-state index in [0.717, 1.165) is 11.4 Å². The van der Waals surface area contributed by atoms with Crippen LogP contribution in [-0.4, -0.2) is 21.1 Å². The number of hydrogen-bond acceptors (Lipinski definition) is 3. The molecule has 2 aromatic carbocycles. The normalized spacial score (nSPS) is 12.1. The van der Waals surface area contributed by atoms with E-state index in [9.17, 15) is 8.60 Å². The summed E-state index contributed by atoms with van der Waals surface area (Å²) in [6.07, 6.45) is 1.84. The molecule has 1 atom stereocenters. The maximum Gasteiger partial charge on any atom is 0.165 e. The van der Waals surface area contributed by atoms with Crippen molar-refractivity contribution >= 4 is 10.8 Å². The van der Waals surface area contributed by atoms with Gasteiger partial charge < -0.3 is 4.74 Å². The molecule has 4 nitrogen and oxygen atoms in total. The zero-order valence-corrected chi connectivity index (χ0v) is 14.0. The molecule has 3 rings (SSSR count). The first-order chi connectivity index (χ1) is 11.7. The predicted octanol–water partition coefficient (Wildman–Crippen LogP) is 3.47. The summed E-state index contributed by atoms with van der Waals surface area (Å²) < 4.78 is 32.6. The highest BCUT2D eigenvalue weighted by Crippen LogP contribution is 2.19. The molecule has 6 heteroatoms. The largest absolute Gasteiger partial charge is 0.494 e. The average molecular weight is 344 g/mol. The lowest BCUT2D eigenvalue weighted by Gasteiger charge is -2.05. The Labute approximate surface area is 142 Å². The molecule has 0 spiro atoms. The molecule has 24 heavy (non-hydrogen) atoms. The van der Waals surface area contributed by atoms with E-state index >= 15 is 0 Å². The molecule has 0 aliphatic rings. The monoisotopic (exact) mass is 344 g/mol. The van der Waals surface area contributed by atoms with Crippen molar-refractivity contribution in [3.05, 3.63) is 77.9 Å². The minimum absolute atomic E-state index is 0.186. The SMILES string of the molecule is COc1ccc(C[S@@](=O)Cc2ccn(-c3ccccc3)n2)cc1F. The van der Waals surface area contributed by atoms with Gasteiger partial charge in [0.1, 0.15) is 0 Å². The Bertz CT molecular complexity index is 849. The van der Waals surface area contributed by atoms with Crippen LogP contribution in [0.25, 0.3) is 5.69 Å². The minimum atomic E-state index is -1.17. The van der Waals surface area contributed by atoms with E-state index in [1.165, 1.54) is 13.2 Å². The zero-order chi connectivity index (χ0) is 16.9. The summed E-state index contributed by atoms with van der Waals surface area (Å²) in [5.41, 5.74) is 2.37. The lowest BCUT2D eigenvalue weighted by atomic mass is 10.2. The number of methoxy groups -OCH3 is 1. The van der Waals surface area contributed by atoms with Crippen LogP contribution in [0.4, 0.5) is 4.39 Å². The van der Waals surface area contributed by atoms with Gasteiger partial charge in [0.25, 0.3) is 0 Å². The van der Waals surface area contributed by atoms with Crippen LogP contribution in [0.2, 0.25) is 0 Å². The van der Waals surface area contributed by atoms with Crippen LogP contribution >= 0.6 is 0 Å². The summed E-state index contributed by atoms with van der Waals surface area (Å²) in [5.74, 6) is 0.346. The van der Waals surface area contributed by atoms with Crippen molar-refractivity contribution in [2.24, 2.45) is 0 Å². The van der Waals surface area contributed by atoms with Gasteiger partial charge in [0.2, 0.25) is 0 Å². The van der Waals surface area contributed by atoms with E-state index in [1.54, 1.807) is 16.8 Å². The number of halogens is 1. The summed E-state index contributed by atoms with van der Waals surface area (Å²) in [6, 6.07) is 16.2. The van der Waals surface area contributed by atoms with E-state index in [4.69, 9.17) is 4.74 Å². The molecule has 0 saturated heterocycles. The fraction of sp³-hybridized carbons (Fsp3) is 0.167. The highest BCUT2D eigenvalue weighted by Gasteiger charge is 2.09. The van der Waals surface area contributed by atoms with Gasteiger partial charge in [-0.25, -0.2) is 9.07 Å². The number of benzene rings is 2. The molecule has 0 saturated carbocycles. The second-order valence-corrected chi connectivity index (χ2v) is 6.74. The van der Waals surface area contributed by atoms with Gasteiger partial charge in [0, 0.05) is 22.7 Å². The lowest BCUT2D eigenvalue weighted by molar-refractivity contribution is 0.386.